The molecule has 1 aliphatic carbocycles. The Kier molecular flexibility index (Phi) is 7.45. The van der Waals surface area contributed by atoms with Gasteiger partial charge in [-0.3, -0.25) is 10.4 Å². The average Bonchev–Trinajstić information content (AvgIpc) is 3.24. The van der Waals surface area contributed by atoms with Gasteiger partial charge < -0.3 is 9.64 Å². The van der Waals surface area contributed by atoms with Crippen LogP contribution in [0.1, 0.15) is 48.6 Å². The molecule has 214 valence electrons. The first-order valence-corrected chi connectivity index (χ1v) is 16.2. The highest BCUT2D eigenvalue weighted by Gasteiger charge is 2.55. The number of ether oxygens (including phenoxy) is 1. The summed E-state index contributed by atoms with van der Waals surface area (Å²) in [6.07, 6.45) is 6.99. The van der Waals surface area contributed by atoms with Crippen LogP contribution in [-0.2, 0) is 14.8 Å². The topological polar surface area (TPSA) is 123 Å². The van der Waals surface area contributed by atoms with Gasteiger partial charge in [-0.15, -0.1) is 11.6 Å². The highest BCUT2D eigenvalue weighted by atomic mass is 35.5. The lowest BCUT2D eigenvalue weighted by Crippen LogP contribution is -2.73. The van der Waals surface area contributed by atoms with Gasteiger partial charge in [-0.1, -0.05) is 23.2 Å². The molecule has 2 aromatic rings. The van der Waals surface area contributed by atoms with E-state index in [-0.39, 0.29) is 41.0 Å². The monoisotopic (exact) mass is 625 g/mol. The van der Waals surface area contributed by atoms with Gasteiger partial charge in [0.1, 0.15) is 11.9 Å². The third-order valence-corrected chi connectivity index (χ3v) is 10.9. The van der Waals surface area contributed by atoms with Crippen LogP contribution in [0.3, 0.4) is 0 Å². The predicted molar refractivity (Wildman–Crippen MR) is 153 cm³/mol. The van der Waals surface area contributed by atoms with E-state index < -0.39 is 10.0 Å². The molecule has 2 aromatic heterocycles. The second kappa shape index (κ2) is 10.5. The number of sulfonamides is 1. The first kappa shape index (κ1) is 28.4. The summed E-state index contributed by atoms with van der Waals surface area (Å²) in [5.41, 5.74) is 8.86. The molecule has 4 fully saturated rings. The second-order valence-corrected chi connectivity index (χ2v) is 14.9. The van der Waals surface area contributed by atoms with Crippen molar-refractivity contribution in [1.82, 2.24) is 25.1 Å². The van der Waals surface area contributed by atoms with Crippen LogP contribution in [0.25, 0.3) is 0 Å². The fourth-order valence-corrected chi connectivity index (χ4v) is 8.67. The number of rotatable bonds is 6. The molecule has 5 unspecified atom stereocenters. The fourth-order valence-electron chi connectivity index (χ4n) is 6.63. The third-order valence-electron chi connectivity index (χ3n) is 8.64. The summed E-state index contributed by atoms with van der Waals surface area (Å²) in [5.74, 6) is 0.807. The maximum Gasteiger partial charge on any atom is 0.211 e. The smallest absolute Gasteiger partial charge is 0.211 e. The number of alkyl halides is 1. The molecular weight excluding hydrogens is 597 g/mol. The van der Waals surface area contributed by atoms with E-state index in [0.717, 1.165) is 5.56 Å². The largest absolute Gasteiger partial charge is 0.369 e. The molecular formula is C26H30Cl3N7O3S. The molecule has 5 heterocycles. The number of nitrogens with one attached hydrogen (secondary N) is 2. The van der Waals surface area contributed by atoms with Gasteiger partial charge in [0.15, 0.2) is 0 Å². The molecule has 2 N–H and O–H groups in total. The Labute approximate surface area is 249 Å². The minimum Gasteiger partial charge on any atom is -0.369 e. The van der Waals surface area contributed by atoms with Gasteiger partial charge in [0.25, 0.3) is 0 Å². The first-order chi connectivity index (χ1) is 19.0. The van der Waals surface area contributed by atoms with E-state index in [2.05, 4.69) is 26.8 Å². The summed E-state index contributed by atoms with van der Waals surface area (Å²) >= 11 is 19.5. The third kappa shape index (κ3) is 5.07. The van der Waals surface area contributed by atoms with Gasteiger partial charge in [-0.05, 0) is 37.3 Å². The van der Waals surface area contributed by atoms with Crippen LogP contribution in [0, 0.1) is 22.7 Å². The van der Waals surface area contributed by atoms with Crippen LogP contribution in [0.15, 0.2) is 24.7 Å². The fraction of sp³-hybridized carbons (Fsp3) is 0.577. The normalized spacial score (nSPS) is 30.3. The number of nitrogens with zero attached hydrogens (tertiary/aromatic N) is 5. The molecule has 6 rings (SSSR count). The van der Waals surface area contributed by atoms with Crippen LogP contribution in [0.4, 0.5) is 5.82 Å². The summed E-state index contributed by atoms with van der Waals surface area (Å²) in [6, 6.07) is 4.29. The van der Waals surface area contributed by atoms with Crippen LogP contribution < -0.4 is 15.8 Å². The van der Waals surface area contributed by atoms with Crippen LogP contribution in [0.5, 0.6) is 0 Å². The zero-order valence-corrected chi connectivity index (χ0v) is 25.1. The van der Waals surface area contributed by atoms with Crippen molar-refractivity contribution in [3.63, 3.8) is 0 Å². The number of hydrazine groups is 1. The van der Waals surface area contributed by atoms with Crippen molar-refractivity contribution in [3.8, 4) is 6.07 Å². The van der Waals surface area contributed by atoms with Crippen molar-refractivity contribution in [1.29, 1.82) is 5.26 Å². The Morgan fingerprint density at radius 2 is 1.85 bits per heavy atom. The Balaban J connectivity index is 1.14. The molecule has 40 heavy (non-hydrogen) atoms. The van der Waals surface area contributed by atoms with E-state index in [9.17, 15) is 13.7 Å². The second-order valence-electron chi connectivity index (χ2n) is 11.5. The zero-order valence-electron chi connectivity index (χ0n) is 22.0. The van der Waals surface area contributed by atoms with Gasteiger partial charge in [0.2, 0.25) is 10.0 Å². The lowest BCUT2D eigenvalue weighted by molar-refractivity contribution is -0.0343. The molecule has 4 aliphatic rings. The average molecular weight is 627 g/mol. The van der Waals surface area contributed by atoms with Crippen molar-refractivity contribution in [2.75, 3.05) is 37.3 Å². The minimum absolute atomic E-state index is 0.0443. The quantitative estimate of drug-likeness (QED) is 0.464. The zero-order chi connectivity index (χ0) is 28.4. The van der Waals surface area contributed by atoms with Gasteiger partial charge in [-0.2, -0.15) is 5.26 Å². The Morgan fingerprint density at radius 1 is 1.15 bits per heavy atom. The molecule has 10 nitrogen and oxygen atoms in total. The molecule has 1 spiro atoms. The molecule has 0 amide bonds. The molecule has 0 radical (unpaired) electrons. The van der Waals surface area contributed by atoms with Gasteiger partial charge in [0.05, 0.1) is 45.5 Å². The minimum atomic E-state index is -3.16. The lowest BCUT2D eigenvalue weighted by Gasteiger charge is -2.59. The lowest BCUT2D eigenvalue weighted by atomic mass is 9.74. The Hall–Kier alpha value is -1.75. The van der Waals surface area contributed by atoms with Crippen molar-refractivity contribution in [3.05, 3.63) is 51.4 Å². The van der Waals surface area contributed by atoms with Gasteiger partial charge in [-0.25, -0.2) is 23.1 Å². The molecule has 0 bridgehead atoms. The SMILES string of the molecule is C[C@@H](OC1CC2C(CC1Cl)NNC2c1cnc(N2CC3(C2)CN(S(C)(=O)=O)C3)c(C#N)c1)c1c(Cl)cncc1Cl. The van der Waals surface area contributed by atoms with E-state index in [1.807, 2.05) is 19.2 Å². The first-order valence-electron chi connectivity index (χ1n) is 13.2. The van der Waals surface area contributed by atoms with Gasteiger partial charge in [0, 0.05) is 61.8 Å². The molecule has 14 heteroatoms. The summed E-state index contributed by atoms with van der Waals surface area (Å²) in [7, 11) is -3.16. The van der Waals surface area contributed by atoms with Crippen LogP contribution in [0.2, 0.25) is 10.0 Å². The predicted octanol–water partition coefficient (Wildman–Crippen LogP) is 3.42. The molecule has 1 saturated carbocycles. The number of fused-ring (bicyclic) bond motifs is 1. The summed E-state index contributed by atoms with van der Waals surface area (Å²) in [5, 5.41) is 10.7. The van der Waals surface area contributed by atoms with E-state index in [4.69, 9.17) is 44.5 Å². The van der Waals surface area contributed by atoms with E-state index >= 15 is 0 Å². The number of halogens is 3. The molecule has 6 atom stereocenters. The number of pyridine rings is 2. The van der Waals surface area contributed by atoms with Gasteiger partial charge >= 0.3 is 0 Å². The number of hydrogen-bond donors (Lipinski definition) is 2. The van der Waals surface area contributed by atoms with E-state index in [0.29, 0.717) is 66.0 Å². The molecule has 0 aromatic carbocycles. The standard InChI is InChI=1S/C26H30Cl3N7O3S/c1-14(23-19(28)8-31-9-20(23)29)39-22-4-17-21(5-18(22)27)33-34-24(17)16-3-15(6-30)25(32-7-16)35-10-26(11-35)12-36(13-26)40(2,37)38/h3,7-9,14,17-18,21-22,24,33-34H,4-5,10-13H2,1-2H3/t14-,17?,18?,21?,22?,24?/m1/s1. The van der Waals surface area contributed by atoms with Crippen molar-refractivity contribution in [2.24, 2.45) is 11.3 Å². The van der Waals surface area contributed by atoms with Crippen molar-refractivity contribution >= 4 is 50.6 Å². The van der Waals surface area contributed by atoms with Crippen molar-refractivity contribution in [2.45, 2.75) is 49.4 Å². The number of aromatic nitrogens is 2. The summed E-state index contributed by atoms with van der Waals surface area (Å²) in [6.45, 7) is 4.33. The van der Waals surface area contributed by atoms with E-state index in [1.54, 1.807) is 12.4 Å². The van der Waals surface area contributed by atoms with E-state index in [1.165, 1.54) is 10.6 Å². The highest BCUT2D eigenvalue weighted by Crippen LogP contribution is 2.45. The Bertz CT molecular complexity index is 1440. The summed E-state index contributed by atoms with van der Waals surface area (Å²) < 4.78 is 31.4. The number of anilines is 1. The maximum absolute atomic E-state index is 11.8. The van der Waals surface area contributed by atoms with Crippen molar-refractivity contribution < 1.29 is 13.2 Å². The maximum atomic E-state index is 11.8. The molecule has 3 aliphatic heterocycles. The summed E-state index contributed by atoms with van der Waals surface area (Å²) in [4.78, 5) is 10.8. The highest BCUT2D eigenvalue weighted by molar-refractivity contribution is 7.88. The number of hydrogen-bond acceptors (Lipinski definition) is 9. The number of nitriles is 1. The van der Waals surface area contributed by atoms with Crippen LogP contribution in [-0.4, -0.2) is 72.6 Å². The molecule has 3 saturated heterocycles. The van der Waals surface area contributed by atoms with Crippen LogP contribution >= 0.6 is 34.8 Å². The Morgan fingerprint density at radius 3 is 2.50 bits per heavy atom.